The fourth-order valence-corrected chi connectivity index (χ4v) is 4.71. The summed E-state index contributed by atoms with van der Waals surface area (Å²) in [7, 11) is 0. The predicted octanol–water partition coefficient (Wildman–Crippen LogP) is 2.20. The van der Waals surface area contributed by atoms with Gasteiger partial charge in [0, 0.05) is 19.6 Å². The standard InChI is InChI=1S/C21H27N3O3/c1-14-6-4-10-22(12-14)18(25)13-24-19-15(2)7-3-8-16(19)20(26)23-11-5-9-17(23)21(24)27/h3,7-8,14,17H,4-6,9-13H2,1-2H3. The normalized spacial score (nSPS) is 25.3. The molecule has 2 unspecified atom stereocenters. The van der Waals surface area contributed by atoms with Crippen LogP contribution in [0.4, 0.5) is 5.69 Å². The van der Waals surface area contributed by atoms with Gasteiger partial charge >= 0.3 is 0 Å². The Balaban J connectivity index is 1.69. The van der Waals surface area contributed by atoms with Gasteiger partial charge in [-0.05, 0) is 50.2 Å². The molecule has 2 fully saturated rings. The van der Waals surface area contributed by atoms with Crippen molar-refractivity contribution in [1.82, 2.24) is 9.80 Å². The van der Waals surface area contributed by atoms with E-state index in [0.29, 0.717) is 30.1 Å². The smallest absolute Gasteiger partial charge is 0.256 e. The van der Waals surface area contributed by atoms with E-state index < -0.39 is 6.04 Å². The number of hydrogen-bond acceptors (Lipinski definition) is 3. The minimum atomic E-state index is -0.447. The molecule has 3 heterocycles. The van der Waals surface area contributed by atoms with Crippen LogP contribution in [0, 0.1) is 12.8 Å². The van der Waals surface area contributed by atoms with E-state index in [1.165, 1.54) is 0 Å². The van der Waals surface area contributed by atoms with Crippen molar-refractivity contribution < 1.29 is 14.4 Å². The fraction of sp³-hybridized carbons (Fsp3) is 0.571. The van der Waals surface area contributed by atoms with E-state index in [-0.39, 0.29) is 24.3 Å². The van der Waals surface area contributed by atoms with Crippen molar-refractivity contribution in [2.24, 2.45) is 5.92 Å². The van der Waals surface area contributed by atoms with Gasteiger partial charge in [0.25, 0.3) is 5.91 Å². The van der Waals surface area contributed by atoms with Crippen LogP contribution in [0.5, 0.6) is 0 Å². The highest BCUT2D eigenvalue weighted by Crippen LogP contribution is 2.34. The molecule has 6 nitrogen and oxygen atoms in total. The average Bonchev–Trinajstić information content (AvgIpc) is 3.12. The topological polar surface area (TPSA) is 60.9 Å². The molecular formula is C21H27N3O3. The highest BCUT2D eigenvalue weighted by atomic mass is 16.2. The van der Waals surface area contributed by atoms with E-state index in [1.807, 2.05) is 24.0 Å². The summed E-state index contributed by atoms with van der Waals surface area (Å²) in [5.41, 5.74) is 2.00. The number of rotatable bonds is 2. The van der Waals surface area contributed by atoms with Gasteiger partial charge in [0.05, 0.1) is 11.3 Å². The summed E-state index contributed by atoms with van der Waals surface area (Å²) in [6, 6.07) is 5.08. The van der Waals surface area contributed by atoms with E-state index in [4.69, 9.17) is 0 Å². The van der Waals surface area contributed by atoms with Gasteiger partial charge in [-0.3, -0.25) is 14.4 Å². The molecule has 144 valence electrons. The van der Waals surface area contributed by atoms with Crippen LogP contribution >= 0.6 is 0 Å². The molecule has 3 amide bonds. The summed E-state index contributed by atoms with van der Waals surface area (Å²) in [6.45, 7) is 6.17. The number of hydrogen-bond donors (Lipinski definition) is 0. The molecule has 1 aromatic rings. The monoisotopic (exact) mass is 369 g/mol. The van der Waals surface area contributed by atoms with Crippen molar-refractivity contribution in [1.29, 1.82) is 0 Å². The lowest BCUT2D eigenvalue weighted by molar-refractivity contribution is -0.133. The van der Waals surface area contributed by atoms with Gasteiger partial charge in [-0.15, -0.1) is 0 Å². The highest BCUT2D eigenvalue weighted by molar-refractivity contribution is 6.13. The summed E-state index contributed by atoms with van der Waals surface area (Å²) >= 11 is 0. The summed E-state index contributed by atoms with van der Waals surface area (Å²) in [5, 5.41) is 0. The third-order valence-corrected chi connectivity index (χ3v) is 6.11. The first-order chi connectivity index (χ1) is 13.0. The van der Waals surface area contributed by atoms with E-state index in [2.05, 4.69) is 6.92 Å². The SMILES string of the molecule is Cc1cccc2c1N(CC(=O)N1CCCC(C)C1)C(=O)C1CCCN1C2=O. The van der Waals surface area contributed by atoms with Crippen molar-refractivity contribution in [3.05, 3.63) is 29.3 Å². The van der Waals surface area contributed by atoms with Crippen molar-refractivity contribution in [3.8, 4) is 0 Å². The van der Waals surface area contributed by atoms with E-state index in [1.54, 1.807) is 15.9 Å². The molecule has 0 saturated carbocycles. The second-order valence-corrected chi connectivity index (χ2v) is 8.14. The maximum atomic E-state index is 13.3. The first kappa shape index (κ1) is 18.0. The molecule has 2 saturated heterocycles. The van der Waals surface area contributed by atoms with Crippen LogP contribution in [0.25, 0.3) is 0 Å². The third-order valence-electron chi connectivity index (χ3n) is 6.11. The van der Waals surface area contributed by atoms with Crippen LogP contribution in [0.2, 0.25) is 0 Å². The third kappa shape index (κ3) is 3.11. The Bertz CT molecular complexity index is 791. The summed E-state index contributed by atoms with van der Waals surface area (Å²) in [5.74, 6) is 0.254. The minimum Gasteiger partial charge on any atom is -0.341 e. The molecule has 1 aromatic carbocycles. The van der Waals surface area contributed by atoms with Crippen LogP contribution in [0.1, 0.15) is 48.5 Å². The Morgan fingerprint density at radius 3 is 2.70 bits per heavy atom. The fourth-order valence-electron chi connectivity index (χ4n) is 4.71. The lowest BCUT2D eigenvalue weighted by Crippen LogP contribution is -2.50. The van der Waals surface area contributed by atoms with Crippen LogP contribution < -0.4 is 4.90 Å². The maximum Gasteiger partial charge on any atom is 0.256 e. The van der Waals surface area contributed by atoms with Gasteiger partial charge < -0.3 is 14.7 Å². The van der Waals surface area contributed by atoms with E-state index in [9.17, 15) is 14.4 Å². The minimum absolute atomic E-state index is 0.0149. The molecule has 0 radical (unpaired) electrons. The quantitative estimate of drug-likeness (QED) is 0.803. The lowest BCUT2D eigenvalue weighted by atomic mass is 10.00. The number of carbonyl (C=O) groups is 3. The largest absolute Gasteiger partial charge is 0.341 e. The molecule has 6 heteroatoms. The molecule has 4 rings (SSSR count). The second-order valence-electron chi connectivity index (χ2n) is 8.14. The summed E-state index contributed by atoms with van der Waals surface area (Å²) in [6.07, 6.45) is 3.64. The molecular weight excluding hydrogens is 342 g/mol. The van der Waals surface area contributed by atoms with Gasteiger partial charge in [0.1, 0.15) is 12.6 Å². The molecule has 3 aliphatic heterocycles. The predicted molar refractivity (Wildman–Crippen MR) is 103 cm³/mol. The Morgan fingerprint density at radius 1 is 1.15 bits per heavy atom. The zero-order valence-corrected chi connectivity index (χ0v) is 16.1. The number of carbonyl (C=O) groups excluding carboxylic acids is 3. The number of amides is 3. The Labute approximate surface area is 160 Å². The lowest BCUT2D eigenvalue weighted by Gasteiger charge is -2.33. The number of para-hydroxylation sites is 1. The van der Waals surface area contributed by atoms with E-state index >= 15 is 0 Å². The zero-order valence-electron chi connectivity index (χ0n) is 16.1. The highest BCUT2D eigenvalue weighted by Gasteiger charge is 2.43. The zero-order chi connectivity index (χ0) is 19.1. The number of benzene rings is 1. The number of likely N-dealkylation sites (tertiary alicyclic amines) is 1. The molecule has 0 N–H and O–H groups in total. The van der Waals surface area contributed by atoms with Crippen molar-refractivity contribution in [3.63, 3.8) is 0 Å². The van der Waals surface area contributed by atoms with Crippen LogP contribution in [0.15, 0.2) is 18.2 Å². The first-order valence-electron chi connectivity index (χ1n) is 9.97. The summed E-state index contributed by atoms with van der Waals surface area (Å²) < 4.78 is 0. The van der Waals surface area contributed by atoms with Crippen molar-refractivity contribution in [2.75, 3.05) is 31.1 Å². The Hall–Kier alpha value is -2.37. The molecule has 0 aliphatic carbocycles. The van der Waals surface area contributed by atoms with Crippen molar-refractivity contribution >= 4 is 23.4 Å². The van der Waals surface area contributed by atoms with Crippen LogP contribution in [-0.4, -0.2) is 59.7 Å². The molecule has 0 bridgehead atoms. The Morgan fingerprint density at radius 2 is 1.93 bits per heavy atom. The van der Waals surface area contributed by atoms with E-state index in [0.717, 1.165) is 37.9 Å². The molecule has 0 aromatic heterocycles. The number of nitrogens with zero attached hydrogens (tertiary/aromatic N) is 3. The number of fused-ring (bicyclic) bond motifs is 2. The van der Waals surface area contributed by atoms with Gasteiger partial charge in [-0.1, -0.05) is 19.1 Å². The number of piperidine rings is 1. The number of aryl methyl sites for hydroxylation is 1. The van der Waals surface area contributed by atoms with Gasteiger partial charge in [-0.2, -0.15) is 0 Å². The van der Waals surface area contributed by atoms with Gasteiger partial charge in [0.15, 0.2) is 0 Å². The molecule has 3 aliphatic rings. The first-order valence-corrected chi connectivity index (χ1v) is 9.97. The molecule has 27 heavy (non-hydrogen) atoms. The Kier molecular flexibility index (Phi) is 4.66. The van der Waals surface area contributed by atoms with Crippen LogP contribution in [-0.2, 0) is 9.59 Å². The maximum absolute atomic E-state index is 13.3. The van der Waals surface area contributed by atoms with Gasteiger partial charge in [0.2, 0.25) is 11.8 Å². The van der Waals surface area contributed by atoms with Gasteiger partial charge in [-0.25, -0.2) is 0 Å². The van der Waals surface area contributed by atoms with Crippen molar-refractivity contribution in [2.45, 2.75) is 45.6 Å². The average molecular weight is 369 g/mol. The van der Waals surface area contributed by atoms with Crippen LogP contribution in [0.3, 0.4) is 0 Å². The second kappa shape index (κ2) is 6.98. The number of anilines is 1. The summed E-state index contributed by atoms with van der Waals surface area (Å²) in [4.78, 5) is 44.5. The molecule has 2 atom stereocenters. The molecule has 0 spiro atoms.